The van der Waals surface area contributed by atoms with Crippen LogP contribution in [0.5, 0.6) is 0 Å². The fourth-order valence-electron chi connectivity index (χ4n) is 2.89. The molecule has 3 aromatic rings. The molecule has 2 aromatic heterocycles. The van der Waals surface area contributed by atoms with Crippen molar-refractivity contribution in [2.45, 2.75) is 12.8 Å². The van der Waals surface area contributed by atoms with Gasteiger partial charge in [-0.2, -0.15) is 5.10 Å². The maximum Gasteiger partial charge on any atom is 0.347 e. The van der Waals surface area contributed by atoms with Crippen LogP contribution in [-0.4, -0.2) is 33.0 Å². The minimum atomic E-state index is -0.399. The molecule has 0 radical (unpaired) electrons. The standard InChI is InChI=1S/C17H15N5O3/c23-15-2-1-9-21(15)13-6-4-12(5-7-13)18-16(24)11-3-8-14-19-20-17(25)22(14)10-11/h3-8,10H,1-2,9H2,(H,18,24)(H,20,25). The number of nitrogens with one attached hydrogen (secondary N) is 2. The largest absolute Gasteiger partial charge is 0.347 e. The van der Waals surface area contributed by atoms with Crippen molar-refractivity contribution in [3.63, 3.8) is 0 Å². The summed E-state index contributed by atoms with van der Waals surface area (Å²) in [7, 11) is 0. The fourth-order valence-corrected chi connectivity index (χ4v) is 2.89. The number of nitrogens with zero attached hydrogens (tertiary/aromatic N) is 3. The Morgan fingerprint density at radius 1 is 1.12 bits per heavy atom. The van der Waals surface area contributed by atoms with Crippen LogP contribution in [-0.2, 0) is 4.79 Å². The second-order valence-corrected chi connectivity index (χ2v) is 5.82. The Labute approximate surface area is 142 Å². The quantitative estimate of drug-likeness (QED) is 0.754. The van der Waals surface area contributed by atoms with E-state index in [1.807, 2.05) is 12.1 Å². The van der Waals surface area contributed by atoms with Crippen LogP contribution < -0.4 is 15.9 Å². The number of rotatable bonds is 3. The summed E-state index contributed by atoms with van der Waals surface area (Å²) >= 11 is 0. The number of aromatic amines is 1. The molecule has 2 amide bonds. The van der Waals surface area contributed by atoms with Crippen LogP contribution in [0.1, 0.15) is 23.2 Å². The number of anilines is 2. The summed E-state index contributed by atoms with van der Waals surface area (Å²) in [5, 5.41) is 8.92. The summed E-state index contributed by atoms with van der Waals surface area (Å²) in [6.07, 6.45) is 2.88. The van der Waals surface area contributed by atoms with Gasteiger partial charge in [-0.25, -0.2) is 14.3 Å². The van der Waals surface area contributed by atoms with Crippen LogP contribution in [0.25, 0.3) is 5.65 Å². The molecule has 0 aliphatic carbocycles. The van der Waals surface area contributed by atoms with E-state index in [2.05, 4.69) is 15.5 Å². The van der Waals surface area contributed by atoms with Gasteiger partial charge in [0.1, 0.15) is 0 Å². The molecule has 1 aromatic carbocycles. The lowest BCUT2D eigenvalue weighted by molar-refractivity contribution is -0.117. The predicted octanol–water partition coefficient (Wildman–Crippen LogP) is 1.40. The Hall–Kier alpha value is -3.42. The van der Waals surface area contributed by atoms with Crippen molar-refractivity contribution in [1.29, 1.82) is 0 Å². The summed E-state index contributed by atoms with van der Waals surface area (Å²) in [5.41, 5.74) is 1.83. The van der Waals surface area contributed by atoms with Crippen LogP contribution in [0.2, 0.25) is 0 Å². The Balaban J connectivity index is 1.52. The van der Waals surface area contributed by atoms with Crippen molar-refractivity contribution >= 4 is 28.8 Å². The third-order valence-electron chi connectivity index (χ3n) is 4.18. The van der Waals surface area contributed by atoms with Crippen molar-refractivity contribution < 1.29 is 9.59 Å². The molecule has 0 atom stereocenters. The molecule has 0 saturated carbocycles. The summed E-state index contributed by atoms with van der Waals surface area (Å²) in [6, 6.07) is 10.3. The molecule has 3 heterocycles. The highest BCUT2D eigenvalue weighted by Crippen LogP contribution is 2.23. The number of fused-ring (bicyclic) bond motifs is 1. The van der Waals surface area contributed by atoms with E-state index in [9.17, 15) is 14.4 Å². The summed E-state index contributed by atoms with van der Waals surface area (Å²) in [6.45, 7) is 0.726. The third-order valence-corrected chi connectivity index (χ3v) is 4.18. The molecule has 4 rings (SSSR count). The van der Waals surface area contributed by atoms with Crippen LogP contribution in [0.15, 0.2) is 47.4 Å². The van der Waals surface area contributed by atoms with Crippen molar-refractivity contribution in [1.82, 2.24) is 14.6 Å². The van der Waals surface area contributed by atoms with Gasteiger partial charge in [-0.1, -0.05) is 0 Å². The molecule has 1 aliphatic heterocycles. The van der Waals surface area contributed by atoms with Gasteiger partial charge < -0.3 is 10.2 Å². The highest BCUT2D eigenvalue weighted by Gasteiger charge is 2.21. The number of aromatic nitrogens is 3. The van der Waals surface area contributed by atoms with Crippen molar-refractivity contribution in [3.05, 3.63) is 58.6 Å². The van der Waals surface area contributed by atoms with E-state index in [0.29, 0.717) is 23.3 Å². The number of hydrogen-bond donors (Lipinski definition) is 2. The zero-order valence-electron chi connectivity index (χ0n) is 13.2. The highest BCUT2D eigenvalue weighted by atomic mass is 16.2. The van der Waals surface area contributed by atoms with Gasteiger partial charge in [0.15, 0.2) is 5.65 Å². The Morgan fingerprint density at radius 3 is 2.64 bits per heavy atom. The number of pyridine rings is 1. The number of H-pyrrole nitrogens is 1. The minimum Gasteiger partial charge on any atom is -0.322 e. The monoisotopic (exact) mass is 337 g/mol. The molecule has 126 valence electrons. The SMILES string of the molecule is O=C(Nc1ccc(N2CCCC2=O)cc1)c1ccc2n[nH]c(=O)n2c1. The molecule has 1 fully saturated rings. The molecule has 0 spiro atoms. The number of carbonyl (C=O) groups excluding carboxylic acids is 2. The second kappa shape index (κ2) is 5.90. The summed E-state index contributed by atoms with van der Waals surface area (Å²) < 4.78 is 1.27. The summed E-state index contributed by atoms with van der Waals surface area (Å²) in [4.78, 5) is 37.4. The van der Waals surface area contributed by atoms with Crippen molar-refractivity contribution in [2.75, 3.05) is 16.8 Å². The molecule has 1 aliphatic rings. The topological polar surface area (TPSA) is 99.6 Å². The molecule has 2 N–H and O–H groups in total. The zero-order valence-corrected chi connectivity index (χ0v) is 13.2. The number of benzene rings is 1. The van der Waals surface area contributed by atoms with Gasteiger partial charge in [-0.15, -0.1) is 0 Å². The maximum atomic E-state index is 12.4. The second-order valence-electron chi connectivity index (χ2n) is 5.82. The molecule has 0 bridgehead atoms. The lowest BCUT2D eigenvalue weighted by atomic mass is 10.2. The van der Waals surface area contributed by atoms with Crippen molar-refractivity contribution in [2.24, 2.45) is 0 Å². The molecule has 25 heavy (non-hydrogen) atoms. The van der Waals surface area contributed by atoms with E-state index < -0.39 is 5.69 Å². The fraction of sp³-hybridized carbons (Fsp3) is 0.176. The molecule has 1 saturated heterocycles. The first-order valence-corrected chi connectivity index (χ1v) is 7.90. The smallest absolute Gasteiger partial charge is 0.322 e. The predicted molar refractivity (Wildman–Crippen MR) is 91.8 cm³/mol. The first-order valence-electron chi connectivity index (χ1n) is 7.90. The van der Waals surface area contributed by atoms with Gasteiger partial charge in [0.05, 0.1) is 5.56 Å². The van der Waals surface area contributed by atoms with Crippen LogP contribution in [0.4, 0.5) is 11.4 Å². The van der Waals surface area contributed by atoms with Gasteiger partial charge in [0.25, 0.3) is 5.91 Å². The first-order chi connectivity index (χ1) is 12.1. The molecule has 8 nitrogen and oxygen atoms in total. The Bertz CT molecular complexity index is 1020. The third kappa shape index (κ3) is 2.78. The molecular formula is C17H15N5O3. The summed E-state index contributed by atoms with van der Waals surface area (Å²) in [5.74, 6) is -0.212. The van der Waals surface area contributed by atoms with Gasteiger partial charge >= 0.3 is 5.69 Å². The zero-order chi connectivity index (χ0) is 17.4. The highest BCUT2D eigenvalue weighted by molar-refractivity contribution is 6.04. The Kier molecular flexibility index (Phi) is 3.57. The Morgan fingerprint density at radius 2 is 1.92 bits per heavy atom. The normalized spacial score (nSPS) is 14.2. The van der Waals surface area contributed by atoms with E-state index in [4.69, 9.17) is 0 Å². The van der Waals surface area contributed by atoms with Gasteiger partial charge in [0, 0.05) is 30.5 Å². The maximum absolute atomic E-state index is 12.4. The molecular weight excluding hydrogens is 322 g/mol. The minimum absolute atomic E-state index is 0.121. The van der Waals surface area contributed by atoms with Crippen LogP contribution in [0, 0.1) is 0 Å². The number of hydrogen-bond acceptors (Lipinski definition) is 4. The van der Waals surface area contributed by atoms with Gasteiger partial charge in [-0.3, -0.25) is 9.59 Å². The average molecular weight is 337 g/mol. The van der Waals surface area contributed by atoms with E-state index in [1.165, 1.54) is 10.6 Å². The van der Waals surface area contributed by atoms with E-state index in [0.717, 1.165) is 18.7 Å². The number of carbonyl (C=O) groups is 2. The first kappa shape index (κ1) is 15.1. The molecule has 8 heteroatoms. The van der Waals surface area contributed by atoms with E-state index in [1.54, 1.807) is 29.2 Å². The van der Waals surface area contributed by atoms with E-state index in [-0.39, 0.29) is 11.8 Å². The van der Waals surface area contributed by atoms with Crippen LogP contribution >= 0.6 is 0 Å². The molecule has 0 unspecified atom stereocenters. The van der Waals surface area contributed by atoms with E-state index >= 15 is 0 Å². The van der Waals surface area contributed by atoms with Gasteiger partial charge in [-0.05, 0) is 42.8 Å². The van der Waals surface area contributed by atoms with Crippen molar-refractivity contribution in [3.8, 4) is 0 Å². The lowest BCUT2D eigenvalue weighted by Gasteiger charge is -2.16. The average Bonchev–Trinajstić information content (AvgIpc) is 3.21. The van der Waals surface area contributed by atoms with Gasteiger partial charge in [0.2, 0.25) is 5.91 Å². The lowest BCUT2D eigenvalue weighted by Crippen LogP contribution is -2.23. The van der Waals surface area contributed by atoms with Crippen LogP contribution in [0.3, 0.4) is 0 Å². The number of amides is 2.